The van der Waals surface area contributed by atoms with Crippen LogP contribution in [0.1, 0.15) is 55.3 Å². The topological polar surface area (TPSA) is 87.7 Å². The number of rotatable bonds is 3. The van der Waals surface area contributed by atoms with E-state index >= 15 is 0 Å². The van der Waals surface area contributed by atoms with Crippen molar-refractivity contribution in [3.05, 3.63) is 22.4 Å². The SMILES string of the molecule is N/C(=N/O)C1(NC(=O)c2ccsc2)CCCCCCC1. The van der Waals surface area contributed by atoms with Crippen molar-refractivity contribution in [2.24, 2.45) is 10.9 Å². The Morgan fingerprint density at radius 2 is 1.95 bits per heavy atom. The fourth-order valence-electron chi connectivity index (χ4n) is 2.73. The van der Waals surface area contributed by atoms with Crippen molar-refractivity contribution in [3.8, 4) is 0 Å². The van der Waals surface area contributed by atoms with Gasteiger partial charge in [0.25, 0.3) is 5.91 Å². The van der Waals surface area contributed by atoms with E-state index in [0.29, 0.717) is 5.56 Å². The maximum absolute atomic E-state index is 12.3. The van der Waals surface area contributed by atoms with Crippen molar-refractivity contribution < 1.29 is 10.0 Å². The summed E-state index contributed by atoms with van der Waals surface area (Å²) in [5.74, 6) is -0.0404. The van der Waals surface area contributed by atoms with Crippen LogP contribution in [0.5, 0.6) is 0 Å². The third kappa shape index (κ3) is 3.30. The number of nitrogens with two attached hydrogens (primary N) is 1. The molecular weight excluding hydrogens is 274 g/mol. The van der Waals surface area contributed by atoms with Crippen LogP contribution >= 0.6 is 11.3 Å². The minimum absolute atomic E-state index is 0.114. The Morgan fingerprint density at radius 1 is 1.30 bits per heavy atom. The summed E-state index contributed by atoms with van der Waals surface area (Å²) in [6.45, 7) is 0. The zero-order chi connectivity index (χ0) is 14.4. The second-order valence-electron chi connectivity index (χ2n) is 5.30. The molecule has 1 aromatic heterocycles. The van der Waals surface area contributed by atoms with Gasteiger partial charge < -0.3 is 16.3 Å². The molecule has 0 saturated heterocycles. The molecule has 6 heteroatoms. The Bertz CT molecular complexity index is 463. The molecule has 1 fully saturated rings. The first-order valence-corrected chi connectivity index (χ1v) is 7.95. The van der Waals surface area contributed by atoms with Gasteiger partial charge in [0.2, 0.25) is 0 Å². The molecule has 2 rings (SSSR count). The largest absolute Gasteiger partial charge is 0.409 e. The molecule has 1 aliphatic carbocycles. The van der Waals surface area contributed by atoms with E-state index in [9.17, 15) is 4.79 Å². The normalized spacial score (nSPS) is 19.9. The first-order valence-electron chi connectivity index (χ1n) is 7.01. The first-order chi connectivity index (χ1) is 9.68. The molecule has 20 heavy (non-hydrogen) atoms. The smallest absolute Gasteiger partial charge is 0.252 e. The third-order valence-electron chi connectivity index (χ3n) is 3.94. The molecule has 1 saturated carbocycles. The van der Waals surface area contributed by atoms with Crippen LogP contribution in [0.15, 0.2) is 22.0 Å². The molecule has 0 radical (unpaired) electrons. The van der Waals surface area contributed by atoms with Crippen LogP contribution in [-0.4, -0.2) is 22.5 Å². The lowest BCUT2D eigenvalue weighted by Gasteiger charge is -2.35. The van der Waals surface area contributed by atoms with Gasteiger partial charge in [-0.1, -0.05) is 37.3 Å². The fraction of sp³-hybridized carbons (Fsp3) is 0.571. The second-order valence-corrected chi connectivity index (χ2v) is 6.08. The van der Waals surface area contributed by atoms with E-state index in [1.165, 1.54) is 17.8 Å². The molecular formula is C14H21N3O2S. The molecule has 110 valence electrons. The predicted molar refractivity (Wildman–Crippen MR) is 80.2 cm³/mol. The zero-order valence-electron chi connectivity index (χ0n) is 11.5. The second kappa shape index (κ2) is 6.74. The zero-order valence-corrected chi connectivity index (χ0v) is 12.3. The first kappa shape index (κ1) is 14.8. The molecule has 0 spiro atoms. The van der Waals surface area contributed by atoms with E-state index in [2.05, 4.69) is 10.5 Å². The van der Waals surface area contributed by atoms with Gasteiger partial charge in [-0.3, -0.25) is 4.79 Å². The van der Waals surface area contributed by atoms with Crippen molar-refractivity contribution >= 4 is 23.1 Å². The average Bonchev–Trinajstić information content (AvgIpc) is 2.95. The summed E-state index contributed by atoms with van der Waals surface area (Å²) in [7, 11) is 0. The van der Waals surface area contributed by atoms with Crippen molar-refractivity contribution in [2.75, 3.05) is 0 Å². The van der Waals surface area contributed by atoms with Gasteiger partial charge in [0.1, 0.15) is 5.54 Å². The summed E-state index contributed by atoms with van der Waals surface area (Å²) in [4.78, 5) is 12.3. The highest BCUT2D eigenvalue weighted by Crippen LogP contribution is 2.27. The Kier molecular flexibility index (Phi) is 5.00. The molecule has 0 bridgehead atoms. The monoisotopic (exact) mass is 295 g/mol. The van der Waals surface area contributed by atoms with E-state index < -0.39 is 5.54 Å². The van der Waals surface area contributed by atoms with Crippen LogP contribution in [0.2, 0.25) is 0 Å². The van der Waals surface area contributed by atoms with Crippen molar-refractivity contribution in [3.63, 3.8) is 0 Å². The highest BCUT2D eigenvalue weighted by molar-refractivity contribution is 7.08. The lowest BCUT2D eigenvalue weighted by Crippen LogP contribution is -2.57. The maximum Gasteiger partial charge on any atom is 0.252 e. The fourth-order valence-corrected chi connectivity index (χ4v) is 3.37. The van der Waals surface area contributed by atoms with Crippen LogP contribution in [0.4, 0.5) is 0 Å². The van der Waals surface area contributed by atoms with Gasteiger partial charge in [-0.2, -0.15) is 11.3 Å². The van der Waals surface area contributed by atoms with Gasteiger partial charge >= 0.3 is 0 Å². The number of thiophene rings is 1. The number of amidine groups is 1. The van der Waals surface area contributed by atoms with Crippen molar-refractivity contribution in [1.29, 1.82) is 0 Å². The molecule has 0 unspecified atom stereocenters. The Morgan fingerprint density at radius 3 is 2.50 bits per heavy atom. The number of oxime groups is 1. The van der Waals surface area contributed by atoms with E-state index in [-0.39, 0.29) is 11.7 Å². The lowest BCUT2D eigenvalue weighted by molar-refractivity contribution is 0.0911. The summed E-state index contributed by atoms with van der Waals surface area (Å²) in [6, 6.07) is 1.78. The summed E-state index contributed by atoms with van der Waals surface area (Å²) in [5.41, 5.74) is 5.81. The Labute approximate surface area is 122 Å². The molecule has 5 nitrogen and oxygen atoms in total. The molecule has 1 aliphatic rings. The van der Waals surface area contributed by atoms with Crippen LogP contribution < -0.4 is 11.1 Å². The standard InChI is InChI=1S/C14H21N3O2S/c15-13(17-19)14(7-4-2-1-3-5-8-14)16-12(18)11-6-9-20-10-11/h6,9-10,19H,1-5,7-8H2,(H2,15,17)(H,16,18). The Hall–Kier alpha value is -1.56. The predicted octanol–water partition coefficient (Wildman–Crippen LogP) is 2.71. The van der Waals surface area contributed by atoms with Crippen molar-refractivity contribution in [1.82, 2.24) is 5.32 Å². The number of nitrogens with one attached hydrogen (secondary N) is 1. The summed E-state index contributed by atoms with van der Waals surface area (Å²) < 4.78 is 0. The molecule has 4 N–H and O–H groups in total. The number of amides is 1. The molecule has 0 aliphatic heterocycles. The van der Waals surface area contributed by atoms with Crippen molar-refractivity contribution in [2.45, 2.75) is 50.5 Å². The highest BCUT2D eigenvalue weighted by atomic mass is 32.1. The summed E-state index contributed by atoms with van der Waals surface area (Å²) in [5, 5.41) is 18.9. The maximum atomic E-state index is 12.3. The number of carbonyl (C=O) groups is 1. The molecule has 0 aromatic carbocycles. The molecule has 1 aromatic rings. The van der Waals surface area contributed by atoms with Crippen LogP contribution in [0.3, 0.4) is 0 Å². The van der Waals surface area contributed by atoms with Gasteiger partial charge in [0.15, 0.2) is 5.84 Å². The number of carbonyl (C=O) groups excluding carboxylic acids is 1. The van der Waals surface area contributed by atoms with E-state index in [1.807, 2.05) is 5.38 Å². The third-order valence-corrected chi connectivity index (χ3v) is 4.62. The van der Waals surface area contributed by atoms with Crippen LogP contribution in [-0.2, 0) is 0 Å². The summed E-state index contributed by atoms with van der Waals surface area (Å²) >= 11 is 1.48. The van der Waals surface area contributed by atoms with Gasteiger partial charge in [-0.05, 0) is 24.3 Å². The highest BCUT2D eigenvalue weighted by Gasteiger charge is 2.36. The average molecular weight is 295 g/mol. The Balaban J connectivity index is 2.19. The minimum atomic E-state index is -0.714. The van der Waals surface area contributed by atoms with Crippen LogP contribution in [0, 0.1) is 0 Å². The quantitative estimate of drug-likeness (QED) is 0.347. The molecule has 1 amide bonds. The minimum Gasteiger partial charge on any atom is -0.409 e. The van der Waals surface area contributed by atoms with Gasteiger partial charge in [0.05, 0.1) is 5.56 Å². The number of hydrogen-bond acceptors (Lipinski definition) is 4. The van der Waals surface area contributed by atoms with E-state index in [0.717, 1.165) is 38.5 Å². The summed E-state index contributed by atoms with van der Waals surface area (Å²) in [6.07, 6.45) is 6.84. The lowest BCUT2D eigenvalue weighted by atomic mass is 9.82. The van der Waals surface area contributed by atoms with E-state index in [4.69, 9.17) is 10.9 Å². The molecule has 0 atom stereocenters. The van der Waals surface area contributed by atoms with Gasteiger partial charge in [-0.25, -0.2) is 0 Å². The van der Waals surface area contributed by atoms with Gasteiger partial charge in [-0.15, -0.1) is 0 Å². The molecule has 1 heterocycles. The number of hydrogen-bond donors (Lipinski definition) is 3. The van der Waals surface area contributed by atoms with Crippen LogP contribution in [0.25, 0.3) is 0 Å². The van der Waals surface area contributed by atoms with Gasteiger partial charge in [0, 0.05) is 5.38 Å². The number of nitrogens with zero attached hydrogens (tertiary/aromatic N) is 1. The van der Waals surface area contributed by atoms with E-state index in [1.54, 1.807) is 11.4 Å².